The normalized spacial score (nSPS) is 14.2. The van der Waals surface area contributed by atoms with Crippen LogP contribution in [0.5, 0.6) is 11.5 Å². The summed E-state index contributed by atoms with van der Waals surface area (Å²) in [7, 11) is 0. The van der Waals surface area contributed by atoms with E-state index in [0.29, 0.717) is 48.7 Å². The highest BCUT2D eigenvalue weighted by Gasteiger charge is 2.25. The van der Waals surface area contributed by atoms with Crippen molar-refractivity contribution in [1.82, 2.24) is 4.90 Å². The minimum Gasteiger partial charge on any atom is -0.492 e. The molecule has 2 aromatic rings. The Morgan fingerprint density at radius 3 is 2.33 bits per heavy atom. The molecule has 1 aliphatic rings. The van der Waals surface area contributed by atoms with E-state index in [0.717, 1.165) is 18.4 Å². The average Bonchev–Trinajstić information content (AvgIpc) is 2.77. The van der Waals surface area contributed by atoms with Crippen molar-refractivity contribution in [2.24, 2.45) is 5.92 Å². The molecular formula is C25H30ClNO6. The van der Waals surface area contributed by atoms with Crippen LogP contribution in [0, 0.1) is 5.92 Å². The lowest BCUT2D eigenvalue weighted by Crippen LogP contribution is -2.41. The Morgan fingerprint density at radius 1 is 1.09 bits per heavy atom. The number of hydrogen-bond donors (Lipinski definition) is 1. The molecule has 3 rings (SSSR count). The van der Waals surface area contributed by atoms with Gasteiger partial charge < -0.3 is 24.2 Å². The number of benzene rings is 2. The number of halogens is 1. The first-order valence-electron chi connectivity index (χ1n) is 11.2. The molecule has 1 aliphatic carbocycles. The van der Waals surface area contributed by atoms with Gasteiger partial charge in [0.05, 0.1) is 6.54 Å². The van der Waals surface area contributed by atoms with Crippen LogP contribution in [0.2, 0.25) is 5.02 Å². The minimum absolute atomic E-state index is 0.287. The molecule has 1 atom stereocenters. The van der Waals surface area contributed by atoms with Gasteiger partial charge in [0.25, 0.3) is 0 Å². The highest BCUT2D eigenvalue weighted by atomic mass is 35.5. The summed E-state index contributed by atoms with van der Waals surface area (Å²) in [5.41, 5.74) is 0.848. The number of carbonyl (C=O) groups is 2. The van der Waals surface area contributed by atoms with Crippen LogP contribution in [-0.2, 0) is 16.0 Å². The topological polar surface area (TPSA) is 85.3 Å². The van der Waals surface area contributed by atoms with Crippen molar-refractivity contribution in [3.8, 4) is 11.5 Å². The predicted octanol–water partition coefficient (Wildman–Crippen LogP) is 5.05. The van der Waals surface area contributed by atoms with Crippen molar-refractivity contribution in [3.63, 3.8) is 0 Å². The van der Waals surface area contributed by atoms with Gasteiger partial charge in [0, 0.05) is 24.6 Å². The van der Waals surface area contributed by atoms with Gasteiger partial charge in [-0.05, 0) is 67.6 Å². The predicted molar refractivity (Wildman–Crippen MR) is 125 cm³/mol. The molecule has 0 spiro atoms. The third-order valence-electron chi connectivity index (χ3n) is 5.60. The number of nitrogens with zero attached hydrogens (tertiary/aromatic N) is 1. The second-order valence-electron chi connectivity index (χ2n) is 8.04. The monoisotopic (exact) mass is 475 g/mol. The number of carboxylic acids is 1. The van der Waals surface area contributed by atoms with Crippen molar-refractivity contribution >= 4 is 23.7 Å². The van der Waals surface area contributed by atoms with E-state index in [1.54, 1.807) is 48.2 Å². The molecule has 2 aromatic carbocycles. The molecule has 1 N–H and O–H groups in total. The summed E-state index contributed by atoms with van der Waals surface area (Å²) in [6, 6.07) is 13.9. The molecule has 0 heterocycles. The average molecular weight is 476 g/mol. The van der Waals surface area contributed by atoms with E-state index in [1.807, 2.05) is 12.1 Å². The Bertz CT molecular complexity index is 898. The number of amides is 1. The summed E-state index contributed by atoms with van der Waals surface area (Å²) in [4.78, 5) is 25.7. The maximum absolute atomic E-state index is 12.7. The van der Waals surface area contributed by atoms with E-state index < -0.39 is 18.2 Å². The van der Waals surface area contributed by atoms with Crippen LogP contribution >= 0.6 is 11.6 Å². The smallest absolute Gasteiger partial charge is 0.415 e. The van der Waals surface area contributed by atoms with Gasteiger partial charge in [-0.3, -0.25) is 0 Å². The highest BCUT2D eigenvalue weighted by molar-refractivity contribution is 6.30. The van der Waals surface area contributed by atoms with Crippen LogP contribution in [0.4, 0.5) is 4.79 Å². The van der Waals surface area contributed by atoms with Gasteiger partial charge in [-0.15, -0.1) is 0 Å². The van der Waals surface area contributed by atoms with Crippen LogP contribution in [0.1, 0.15) is 31.7 Å². The van der Waals surface area contributed by atoms with Gasteiger partial charge in [-0.1, -0.05) is 30.2 Å². The van der Waals surface area contributed by atoms with Gasteiger partial charge in [-0.2, -0.15) is 0 Å². The minimum atomic E-state index is -0.978. The van der Waals surface area contributed by atoms with E-state index in [9.17, 15) is 14.7 Å². The van der Waals surface area contributed by atoms with Crippen molar-refractivity contribution in [2.75, 3.05) is 26.3 Å². The Labute approximate surface area is 199 Å². The number of carbonyl (C=O) groups excluding carboxylic acids is 1. The molecule has 1 amide bonds. The summed E-state index contributed by atoms with van der Waals surface area (Å²) in [6.45, 7) is 3.47. The molecule has 7 nitrogen and oxygen atoms in total. The highest BCUT2D eigenvalue weighted by Crippen LogP contribution is 2.27. The number of aliphatic carboxylic acids is 1. The molecule has 1 unspecified atom stereocenters. The summed E-state index contributed by atoms with van der Waals surface area (Å²) in [6.07, 6.45) is 2.44. The Morgan fingerprint density at radius 2 is 1.76 bits per heavy atom. The molecule has 0 bridgehead atoms. The van der Waals surface area contributed by atoms with E-state index in [1.165, 1.54) is 6.42 Å². The summed E-state index contributed by atoms with van der Waals surface area (Å²) >= 11 is 5.90. The van der Waals surface area contributed by atoms with E-state index in [2.05, 4.69) is 0 Å². The third kappa shape index (κ3) is 7.94. The second kappa shape index (κ2) is 12.5. The summed E-state index contributed by atoms with van der Waals surface area (Å²) < 4.78 is 16.6. The van der Waals surface area contributed by atoms with Crippen molar-refractivity contribution in [1.29, 1.82) is 0 Å². The molecule has 33 heavy (non-hydrogen) atoms. The van der Waals surface area contributed by atoms with Crippen molar-refractivity contribution < 1.29 is 28.9 Å². The first kappa shape index (κ1) is 24.9. The van der Waals surface area contributed by atoms with E-state index in [4.69, 9.17) is 25.8 Å². The largest absolute Gasteiger partial charge is 0.492 e. The lowest BCUT2D eigenvalue weighted by atomic mass is 9.85. The maximum Gasteiger partial charge on any atom is 0.415 e. The summed E-state index contributed by atoms with van der Waals surface area (Å²) in [5.74, 6) is 0.617. The van der Waals surface area contributed by atoms with Crippen LogP contribution in [-0.4, -0.2) is 54.5 Å². The number of hydrogen-bond acceptors (Lipinski definition) is 5. The second-order valence-corrected chi connectivity index (χ2v) is 8.48. The number of rotatable bonds is 12. The lowest BCUT2D eigenvalue weighted by molar-refractivity contribution is -0.149. The van der Waals surface area contributed by atoms with Crippen LogP contribution in [0.3, 0.4) is 0 Å². The Kier molecular flexibility index (Phi) is 9.39. The van der Waals surface area contributed by atoms with Crippen LogP contribution < -0.4 is 9.47 Å². The molecule has 0 radical (unpaired) electrons. The van der Waals surface area contributed by atoms with Crippen LogP contribution in [0.15, 0.2) is 48.5 Å². The van der Waals surface area contributed by atoms with Crippen molar-refractivity contribution in [2.45, 2.75) is 38.7 Å². The Hall–Kier alpha value is -2.77. The zero-order valence-corrected chi connectivity index (χ0v) is 19.5. The molecule has 0 aromatic heterocycles. The first-order chi connectivity index (χ1) is 15.9. The van der Waals surface area contributed by atoms with Gasteiger partial charge >= 0.3 is 12.1 Å². The molecule has 178 valence electrons. The fourth-order valence-electron chi connectivity index (χ4n) is 3.54. The lowest BCUT2D eigenvalue weighted by Gasteiger charge is -2.31. The van der Waals surface area contributed by atoms with E-state index >= 15 is 0 Å². The molecule has 1 fully saturated rings. The zero-order chi connectivity index (χ0) is 23.6. The fraction of sp³-hybridized carbons (Fsp3) is 0.440. The van der Waals surface area contributed by atoms with Gasteiger partial charge in [0.15, 0.2) is 6.10 Å². The van der Waals surface area contributed by atoms with Crippen LogP contribution in [0.25, 0.3) is 0 Å². The maximum atomic E-state index is 12.7. The van der Waals surface area contributed by atoms with Gasteiger partial charge in [0.2, 0.25) is 0 Å². The molecule has 8 heteroatoms. The van der Waals surface area contributed by atoms with Crippen molar-refractivity contribution in [3.05, 3.63) is 59.1 Å². The van der Waals surface area contributed by atoms with Gasteiger partial charge in [0.1, 0.15) is 18.1 Å². The fourth-order valence-corrected chi connectivity index (χ4v) is 3.67. The standard InChI is InChI=1S/C25H30ClNO6/c1-2-31-23(24(28)29)16-18-6-10-21(11-7-18)32-15-14-27(17-19-4-3-5-19)25(30)33-22-12-8-20(26)9-13-22/h6-13,19,23H,2-5,14-17H2,1H3,(H,28,29). The first-order valence-corrected chi connectivity index (χ1v) is 11.6. The quantitative estimate of drug-likeness (QED) is 0.462. The third-order valence-corrected chi connectivity index (χ3v) is 5.85. The molecule has 0 aliphatic heterocycles. The molecule has 1 saturated carbocycles. The molecule has 0 saturated heterocycles. The van der Waals surface area contributed by atoms with Gasteiger partial charge in [-0.25, -0.2) is 9.59 Å². The summed E-state index contributed by atoms with van der Waals surface area (Å²) in [5, 5.41) is 9.81. The Balaban J connectivity index is 1.51. The SMILES string of the molecule is CCOC(Cc1ccc(OCCN(CC2CCC2)C(=O)Oc2ccc(Cl)cc2)cc1)C(=O)O. The molecular weight excluding hydrogens is 446 g/mol. The zero-order valence-electron chi connectivity index (χ0n) is 18.7. The van der Waals surface area contributed by atoms with E-state index in [-0.39, 0.29) is 6.42 Å². The number of ether oxygens (including phenoxy) is 3. The number of carboxylic acid groups (broad SMARTS) is 1.